The zero-order chi connectivity index (χ0) is 14.4. The Balaban J connectivity index is 2.08. The predicted molar refractivity (Wildman–Crippen MR) is 79.5 cm³/mol. The summed E-state index contributed by atoms with van der Waals surface area (Å²) in [4.78, 5) is 0. The van der Waals surface area contributed by atoms with Crippen LogP contribution >= 0.6 is 11.6 Å². The van der Waals surface area contributed by atoms with Gasteiger partial charge in [-0.2, -0.15) is 10.5 Å². The normalized spacial score (nSPS) is 11.2. The second-order valence-electron chi connectivity index (χ2n) is 4.28. The lowest BCUT2D eigenvalue weighted by Crippen LogP contribution is -2.11. The molecule has 0 saturated carbocycles. The van der Waals surface area contributed by atoms with Crippen molar-refractivity contribution in [2.75, 3.05) is 11.9 Å². The Hall–Kier alpha value is -2.49. The highest BCUT2D eigenvalue weighted by Gasteiger charge is 2.10. The molecule has 3 nitrogen and oxygen atoms in total. The molecule has 20 heavy (non-hydrogen) atoms. The van der Waals surface area contributed by atoms with Gasteiger partial charge in [0.05, 0.1) is 34.3 Å². The number of nitrogens with zero attached hydrogens (tertiary/aromatic N) is 2. The number of anilines is 1. The molecule has 0 aliphatic carbocycles. The van der Waals surface area contributed by atoms with E-state index in [1.165, 1.54) is 0 Å². The largest absolute Gasteiger partial charge is 0.382 e. The van der Waals surface area contributed by atoms with E-state index in [-0.39, 0.29) is 5.92 Å². The minimum Gasteiger partial charge on any atom is -0.382 e. The molecule has 1 unspecified atom stereocenters. The number of halogens is 1. The topological polar surface area (TPSA) is 59.6 Å². The summed E-state index contributed by atoms with van der Waals surface area (Å²) >= 11 is 6.08. The second-order valence-corrected chi connectivity index (χ2v) is 4.69. The van der Waals surface area contributed by atoms with Gasteiger partial charge >= 0.3 is 0 Å². The van der Waals surface area contributed by atoms with E-state index in [1.54, 1.807) is 18.2 Å². The fraction of sp³-hybridized carbons (Fsp3) is 0.125. The summed E-state index contributed by atoms with van der Waals surface area (Å²) in [5, 5.41) is 21.7. The Labute approximate surface area is 123 Å². The van der Waals surface area contributed by atoms with Crippen LogP contribution < -0.4 is 5.32 Å². The van der Waals surface area contributed by atoms with E-state index in [0.29, 0.717) is 17.1 Å². The van der Waals surface area contributed by atoms with Gasteiger partial charge in [0.1, 0.15) is 0 Å². The van der Waals surface area contributed by atoms with Crippen LogP contribution in [0.25, 0.3) is 0 Å². The van der Waals surface area contributed by atoms with Crippen LogP contribution in [0.4, 0.5) is 5.69 Å². The second kappa shape index (κ2) is 6.61. The third kappa shape index (κ3) is 3.29. The van der Waals surface area contributed by atoms with Crippen LogP contribution in [0.5, 0.6) is 0 Å². The van der Waals surface area contributed by atoms with Gasteiger partial charge in [0, 0.05) is 6.54 Å². The van der Waals surface area contributed by atoms with Crippen LogP contribution in [-0.4, -0.2) is 6.54 Å². The monoisotopic (exact) mass is 281 g/mol. The number of nitriles is 2. The van der Waals surface area contributed by atoms with Gasteiger partial charge in [-0.25, -0.2) is 0 Å². The molecule has 98 valence electrons. The molecule has 0 aliphatic rings. The Morgan fingerprint density at radius 1 is 1.10 bits per heavy atom. The Bertz CT molecular complexity index is 668. The first-order valence-electron chi connectivity index (χ1n) is 6.12. The number of rotatable bonds is 4. The summed E-state index contributed by atoms with van der Waals surface area (Å²) in [5.74, 6) is -0.247. The fourth-order valence-electron chi connectivity index (χ4n) is 1.86. The predicted octanol–water partition coefficient (Wildman–Crippen LogP) is 3.93. The first kappa shape index (κ1) is 13.9. The summed E-state index contributed by atoms with van der Waals surface area (Å²) in [7, 11) is 0. The summed E-state index contributed by atoms with van der Waals surface area (Å²) in [6.07, 6.45) is 0. The highest BCUT2D eigenvalue weighted by atomic mass is 35.5. The summed E-state index contributed by atoms with van der Waals surface area (Å²) in [6.45, 7) is 0.464. The first-order valence-corrected chi connectivity index (χ1v) is 6.50. The summed E-state index contributed by atoms with van der Waals surface area (Å²) in [5.41, 5.74) is 2.20. The van der Waals surface area contributed by atoms with Crippen molar-refractivity contribution in [1.82, 2.24) is 0 Å². The fourth-order valence-corrected chi connectivity index (χ4v) is 2.11. The zero-order valence-corrected chi connectivity index (χ0v) is 11.4. The van der Waals surface area contributed by atoms with Crippen molar-refractivity contribution in [1.29, 1.82) is 10.5 Å². The number of nitrogens with one attached hydrogen (secondary N) is 1. The minimum atomic E-state index is -0.247. The van der Waals surface area contributed by atoms with Gasteiger partial charge in [-0.15, -0.1) is 0 Å². The van der Waals surface area contributed by atoms with E-state index in [4.69, 9.17) is 16.9 Å². The maximum absolute atomic E-state index is 9.24. The molecule has 0 fully saturated rings. The lowest BCUT2D eigenvalue weighted by atomic mass is 10.0. The zero-order valence-electron chi connectivity index (χ0n) is 10.7. The van der Waals surface area contributed by atoms with E-state index < -0.39 is 0 Å². The average molecular weight is 282 g/mol. The molecule has 0 saturated heterocycles. The van der Waals surface area contributed by atoms with Crippen molar-refractivity contribution in [2.24, 2.45) is 0 Å². The van der Waals surface area contributed by atoms with Crippen LogP contribution in [0.1, 0.15) is 17.0 Å². The van der Waals surface area contributed by atoms with Crippen molar-refractivity contribution >= 4 is 17.3 Å². The lowest BCUT2D eigenvalue weighted by molar-refractivity contribution is 0.901. The SMILES string of the molecule is N#Cc1ccc(NCC(C#N)c2ccccc2)c(Cl)c1. The summed E-state index contributed by atoms with van der Waals surface area (Å²) in [6, 6.07) is 18.9. The van der Waals surface area contributed by atoms with E-state index in [2.05, 4.69) is 11.4 Å². The minimum absolute atomic E-state index is 0.247. The van der Waals surface area contributed by atoms with Gasteiger partial charge in [0.15, 0.2) is 0 Å². The van der Waals surface area contributed by atoms with E-state index in [1.807, 2.05) is 36.4 Å². The smallest absolute Gasteiger partial charge is 0.0992 e. The molecule has 2 rings (SSSR count). The van der Waals surface area contributed by atoms with Crippen LogP contribution in [0.2, 0.25) is 5.02 Å². The molecule has 0 amide bonds. The Kier molecular flexibility index (Phi) is 4.60. The molecular formula is C16H12ClN3. The molecule has 1 N–H and O–H groups in total. The molecule has 0 spiro atoms. The van der Waals surface area contributed by atoms with Crippen molar-refractivity contribution in [3.05, 3.63) is 64.7 Å². The standard InChI is InChI=1S/C16H12ClN3/c17-15-8-12(9-18)6-7-16(15)20-11-14(10-19)13-4-2-1-3-5-13/h1-8,14,20H,11H2. The number of benzene rings is 2. The van der Waals surface area contributed by atoms with Crippen molar-refractivity contribution in [3.8, 4) is 12.1 Å². The molecule has 0 heterocycles. The quantitative estimate of drug-likeness (QED) is 0.923. The lowest BCUT2D eigenvalue weighted by Gasteiger charge is -2.13. The molecule has 1 atom stereocenters. The van der Waals surface area contributed by atoms with Crippen LogP contribution in [0, 0.1) is 22.7 Å². The molecule has 0 aliphatic heterocycles. The molecule has 4 heteroatoms. The van der Waals surface area contributed by atoms with Gasteiger partial charge in [-0.3, -0.25) is 0 Å². The highest BCUT2D eigenvalue weighted by Crippen LogP contribution is 2.24. The van der Waals surface area contributed by atoms with Crippen LogP contribution in [0.15, 0.2) is 48.5 Å². The van der Waals surface area contributed by atoms with E-state index >= 15 is 0 Å². The van der Waals surface area contributed by atoms with E-state index in [9.17, 15) is 5.26 Å². The highest BCUT2D eigenvalue weighted by molar-refractivity contribution is 6.33. The molecule has 2 aromatic rings. The summed E-state index contributed by atoms with van der Waals surface area (Å²) < 4.78 is 0. The van der Waals surface area contributed by atoms with Gasteiger partial charge in [0.2, 0.25) is 0 Å². The molecule has 2 aromatic carbocycles. The van der Waals surface area contributed by atoms with Crippen LogP contribution in [-0.2, 0) is 0 Å². The molecule has 0 radical (unpaired) electrons. The third-order valence-corrected chi connectivity index (χ3v) is 3.27. The Morgan fingerprint density at radius 3 is 2.45 bits per heavy atom. The van der Waals surface area contributed by atoms with Crippen LogP contribution in [0.3, 0.4) is 0 Å². The maximum atomic E-state index is 9.24. The number of hydrogen-bond acceptors (Lipinski definition) is 3. The molecule has 0 bridgehead atoms. The van der Waals surface area contributed by atoms with Gasteiger partial charge in [-0.05, 0) is 23.8 Å². The third-order valence-electron chi connectivity index (χ3n) is 2.95. The molecular weight excluding hydrogens is 270 g/mol. The number of hydrogen-bond donors (Lipinski definition) is 1. The van der Waals surface area contributed by atoms with Crippen molar-refractivity contribution in [3.63, 3.8) is 0 Å². The first-order chi connectivity index (χ1) is 9.74. The average Bonchev–Trinajstić information content (AvgIpc) is 2.50. The van der Waals surface area contributed by atoms with Gasteiger partial charge in [-0.1, -0.05) is 41.9 Å². The van der Waals surface area contributed by atoms with E-state index in [0.717, 1.165) is 11.3 Å². The van der Waals surface area contributed by atoms with Gasteiger partial charge in [0.25, 0.3) is 0 Å². The van der Waals surface area contributed by atoms with Crippen molar-refractivity contribution in [2.45, 2.75) is 5.92 Å². The van der Waals surface area contributed by atoms with Gasteiger partial charge < -0.3 is 5.32 Å². The molecule has 0 aromatic heterocycles. The van der Waals surface area contributed by atoms with Crippen molar-refractivity contribution < 1.29 is 0 Å². The maximum Gasteiger partial charge on any atom is 0.0992 e. The Morgan fingerprint density at radius 2 is 1.85 bits per heavy atom.